The van der Waals surface area contributed by atoms with Crippen molar-refractivity contribution in [1.82, 2.24) is 0 Å². The number of anilines is 2. The Balaban J connectivity index is 1.97. The van der Waals surface area contributed by atoms with Gasteiger partial charge in [-0.1, -0.05) is 6.07 Å². The van der Waals surface area contributed by atoms with Crippen molar-refractivity contribution < 1.29 is 9.66 Å². The first-order valence-corrected chi connectivity index (χ1v) is 6.08. The third-order valence-corrected chi connectivity index (χ3v) is 3.61. The summed E-state index contributed by atoms with van der Waals surface area (Å²) in [5.74, 6) is 0. The van der Waals surface area contributed by atoms with Crippen LogP contribution in [0, 0.1) is 10.1 Å². The minimum atomic E-state index is -0.401. The van der Waals surface area contributed by atoms with E-state index in [4.69, 9.17) is 10.5 Å². The smallest absolute Gasteiger partial charge is 0.315 e. The Bertz CT molecular complexity index is 479. The van der Waals surface area contributed by atoms with Crippen LogP contribution < -0.4 is 10.6 Å². The summed E-state index contributed by atoms with van der Waals surface area (Å²) in [6.07, 6.45) is 2.48. The standard InChI is InChI=1S/C12H15N3O3/c13-10-2-1-3-11(12(10)15(16)17)14-6-8-4-5-9(7-14)18-8/h1-3,8-9H,4-7,13H2. The number of rotatable bonds is 2. The molecular weight excluding hydrogens is 234 g/mol. The summed E-state index contributed by atoms with van der Waals surface area (Å²) in [4.78, 5) is 12.8. The predicted molar refractivity (Wildman–Crippen MR) is 67.6 cm³/mol. The number of ether oxygens (including phenoxy) is 1. The van der Waals surface area contributed by atoms with Gasteiger partial charge in [0.05, 0.1) is 17.1 Å². The number of hydrogen-bond donors (Lipinski definition) is 1. The Morgan fingerprint density at radius 3 is 2.61 bits per heavy atom. The van der Waals surface area contributed by atoms with Gasteiger partial charge in [0.25, 0.3) is 0 Å². The summed E-state index contributed by atoms with van der Waals surface area (Å²) in [6, 6.07) is 5.09. The normalized spacial score (nSPS) is 26.3. The SMILES string of the molecule is Nc1cccc(N2CC3CCC(C2)O3)c1[N+](=O)[O-]. The van der Waals surface area contributed by atoms with Crippen molar-refractivity contribution in [3.05, 3.63) is 28.3 Å². The molecule has 6 heteroatoms. The molecule has 2 aliphatic heterocycles. The molecule has 1 aromatic carbocycles. The third kappa shape index (κ3) is 1.78. The van der Waals surface area contributed by atoms with Crippen LogP contribution in [0.3, 0.4) is 0 Å². The highest BCUT2D eigenvalue weighted by atomic mass is 16.6. The molecule has 0 aliphatic carbocycles. The highest BCUT2D eigenvalue weighted by Gasteiger charge is 2.36. The number of nitro groups is 1. The van der Waals surface area contributed by atoms with E-state index < -0.39 is 4.92 Å². The van der Waals surface area contributed by atoms with Crippen LogP contribution in [0.15, 0.2) is 18.2 Å². The van der Waals surface area contributed by atoms with Gasteiger partial charge >= 0.3 is 5.69 Å². The molecule has 18 heavy (non-hydrogen) atoms. The molecule has 2 saturated heterocycles. The molecule has 2 heterocycles. The monoisotopic (exact) mass is 249 g/mol. The second-order valence-corrected chi connectivity index (χ2v) is 4.83. The number of hydrogen-bond acceptors (Lipinski definition) is 5. The number of nitro benzene ring substituents is 1. The Morgan fingerprint density at radius 2 is 2.00 bits per heavy atom. The van der Waals surface area contributed by atoms with E-state index in [9.17, 15) is 10.1 Å². The van der Waals surface area contributed by atoms with Crippen LogP contribution >= 0.6 is 0 Å². The van der Waals surface area contributed by atoms with Crippen molar-refractivity contribution in [2.75, 3.05) is 23.7 Å². The zero-order valence-corrected chi connectivity index (χ0v) is 9.91. The lowest BCUT2D eigenvalue weighted by Gasteiger charge is -2.33. The summed E-state index contributed by atoms with van der Waals surface area (Å²) < 4.78 is 5.74. The first-order valence-electron chi connectivity index (χ1n) is 6.08. The fourth-order valence-electron chi connectivity index (χ4n) is 2.81. The van der Waals surface area contributed by atoms with Gasteiger partial charge in [0.1, 0.15) is 11.4 Å². The quantitative estimate of drug-likeness (QED) is 0.488. The molecule has 6 nitrogen and oxygen atoms in total. The molecule has 1 aromatic rings. The van der Waals surface area contributed by atoms with Crippen molar-refractivity contribution in [2.24, 2.45) is 0 Å². The van der Waals surface area contributed by atoms with Gasteiger partial charge in [0, 0.05) is 13.1 Å². The van der Waals surface area contributed by atoms with E-state index >= 15 is 0 Å². The van der Waals surface area contributed by atoms with E-state index in [1.165, 1.54) is 0 Å². The topological polar surface area (TPSA) is 81.6 Å². The maximum Gasteiger partial charge on any atom is 0.315 e. The van der Waals surface area contributed by atoms with Crippen LogP contribution in [-0.4, -0.2) is 30.2 Å². The van der Waals surface area contributed by atoms with E-state index in [2.05, 4.69) is 0 Å². The molecule has 96 valence electrons. The highest BCUT2D eigenvalue weighted by molar-refractivity contribution is 5.75. The maximum atomic E-state index is 11.1. The third-order valence-electron chi connectivity index (χ3n) is 3.61. The minimum absolute atomic E-state index is 0.0128. The average molecular weight is 249 g/mol. The van der Waals surface area contributed by atoms with Crippen LogP contribution in [-0.2, 0) is 4.74 Å². The first kappa shape index (κ1) is 11.3. The van der Waals surface area contributed by atoms with Gasteiger partial charge in [0.15, 0.2) is 0 Å². The second-order valence-electron chi connectivity index (χ2n) is 4.83. The van der Waals surface area contributed by atoms with Crippen LogP contribution in [0.1, 0.15) is 12.8 Å². The molecule has 2 bridgehead atoms. The number of nitrogen functional groups attached to an aromatic ring is 1. The molecule has 0 radical (unpaired) electrons. The fraction of sp³-hybridized carbons (Fsp3) is 0.500. The largest absolute Gasteiger partial charge is 0.393 e. The summed E-state index contributed by atoms with van der Waals surface area (Å²) in [6.45, 7) is 1.42. The molecule has 2 atom stereocenters. The number of nitrogens with zero attached hydrogens (tertiary/aromatic N) is 2. The number of nitrogens with two attached hydrogens (primary N) is 1. The van der Waals surface area contributed by atoms with Crippen LogP contribution in [0.5, 0.6) is 0 Å². The molecule has 2 aliphatic rings. The zero-order chi connectivity index (χ0) is 12.7. The molecular formula is C12H15N3O3. The van der Waals surface area contributed by atoms with Gasteiger partial charge in [-0.3, -0.25) is 10.1 Å². The van der Waals surface area contributed by atoms with Crippen molar-refractivity contribution >= 4 is 17.1 Å². The maximum absolute atomic E-state index is 11.1. The number of para-hydroxylation sites is 1. The van der Waals surface area contributed by atoms with E-state index in [0.29, 0.717) is 18.8 Å². The molecule has 0 aromatic heterocycles. The Morgan fingerprint density at radius 1 is 1.33 bits per heavy atom. The summed E-state index contributed by atoms with van der Waals surface area (Å²) in [5.41, 5.74) is 6.56. The zero-order valence-electron chi connectivity index (χ0n) is 9.91. The van der Waals surface area contributed by atoms with E-state index in [1.54, 1.807) is 18.2 Å². The lowest BCUT2D eigenvalue weighted by atomic mass is 10.2. The Kier molecular flexibility index (Phi) is 2.59. The average Bonchev–Trinajstić information content (AvgIpc) is 2.67. The highest BCUT2D eigenvalue weighted by Crippen LogP contribution is 2.37. The number of fused-ring (bicyclic) bond motifs is 2. The van der Waals surface area contributed by atoms with E-state index in [-0.39, 0.29) is 23.6 Å². The Hall–Kier alpha value is -1.82. The summed E-state index contributed by atoms with van der Waals surface area (Å²) in [5, 5.41) is 11.1. The first-order chi connectivity index (χ1) is 8.65. The van der Waals surface area contributed by atoms with Gasteiger partial charge < -0.3 is 15.4 Å². The Labute approximate surface area is 104 Å². The van der Waals surface area contributed by atoms with Crippen LogP contribution in [0.25, 0.3) is 0 Å². The van der Waals surface area contributed by atoms with Crippen molar-refractivity contribution in [1.29, 1.82) is 0 Å². The molecule has 0 spiro atoms. The predicted octanol–water partition coefficient (Wildman–Crippen LogP) is 1.54. The van der Waals surface area contributed by atoms with Crippen molar-refractivity contribution in [2.45, 2.75) is 25.0 Å². The molecule has 2 N–H and O–H groups in total. The van der Waals surface area contributed by atoms with Crippen molar-refractivity contribution in [3.63, 3.8) is 0 Å². The minimum Gasteiger partial charge on any atom is -0.393 e. The number of morpholine rings is 1. The number of benzene rings is 1. The molecule has 0 saturated carbocycles. The molecule has 2 unspecified atom stereocenters. The lowest BCUT2D eigenvalue weighted by Crippen LogP contribution is -2.42. The fourth-order valence-corrected chi connectivity index (χ4v) is 2.81. The summed E-state index contributed by atoms with van der Waals surface area (Å²) in [7, 11) is 0. The molecule has 0 amide bonds. The van der Waals surface area contributed by atoms with Gasteiger partial charge in [-0.25, -0.2) is 0 Å². The van der Waals surface area contributed by atoms with E-state index in [1.807, 2.05) is 4.90 Å². The van der Waals surface area contributed by atoms with Gasteiger partial charge in [-0.2, -0.15) is 0 Å². The van der Waals surface area contributed by atoms with Crippen LogP contribution in [0.4, 0.5) is 17.1 Å². The van der Waals surface area contributed by atoms with Crippen LogP contribution in [0.2, 0.25) is 0 Å². The second kappa shape index (κ2) is 4.13. The lowest BCUT2D eigenvalue weighted by molar-refractivity contribution is -0.383. The molecule has 2 fully saturated rings. The van der Waals surface area contributed by atoms with Crippen molar-refractivity contribution in [3.8, 4) is 0 Å². The van der Waals surface area contributed by atoms with E-state index in [0.717, 1.165) is 12.8 Å². The van der Waals surface area contributed by atoms with Gasteiger partial charge in [-0.05, 0) is 25.0 Å². The summed E-state index contributed by atoms with van der Waals surface area (Å²) >= 11 is 0. The van der Waals surface area contributed by atoms with Gasteiger partial charge in [-0.15, -0.1) is 0 Å². The van der Waals surface area contributed by atoms with Gasteiger partial charge in [0.2, 0.25) is 0 Å². The molecule has 3 rings (SSSR count).